The lowest BCUT2D eigenvalue weighted by atomic mass is 10.1. The highest BCUT2D eigenvalue weighted by atomic mass is 32.2. The number of primary amides is 1. The van der Waals surface area contributed by atoms with Gasteiger partial charge in [0.2, 0.25) is 0 Å². The second-order valence-electron chi connectivity index (χ2n) is 14.0. The summed E-state index contributed by atoms with van der Waals surface area (Å²) in [7, 11) is -6.62. The molecule has 0 unspecified atom stereocenters. The number of rotatable bonds is 19. The Kier molecular flexibility index (Phi) is 13.3. The minimum absolute atomic E-state index is 0.0184. The van der Waals surface area contributed by atoms with Gasteiger partial charge in [0.15, 0.2) is 0 Å². The maximum absolute atomic E-state index is 13.6. The normalized spacial score (nSPS) is 12.3. The van der Waals surface area contributed by atoms with E-state index in [0.717, 1.165) is 6.04 Å². The first kappa shape index (κ1) is 42.2. The first-order chi connectivity index (χ1) is 26.9. The van der Waals surface area contributed by atoms with E-state index in [-0.39, 0.29) is 58.8 Å². The molecular formula is C38H41F3N6O8SSi. The molecule has 5 aromatic rings. The number of benzene rings is 3. The van der Waals surface area contributed by atoms with Gasteiger partial charge in [-0.25, -0.2) is 27.3 Å². The first-order valence-corrected chi connectivity index (χ1v) is 22.7. The number of nitrogens with one attached hydrogen (secondary N) is 2. The lowest BCUT2D eigenvalue weighted by Crippen LogP contribution is -2.22. The molecule has 57 heavy (non-hydrogen) atoms. The van der Waals surface area contributed by atoms with Crippen molar-refractivity contribution in [1.29, 1.82) is 0 Å². The van der Waals surface area contributed by atoms with E-state index in [9.17, 15) is 36.3 Å². The van der Waals surface area contributed by atoms with Gasteiger partial charge in [-0.1, -0.05) is 50.0 Å². The number of alkyl halides is 2. The largest absolute Gasteiger partial charge is 0.487 e. The Morgan fingerprint density at radius 2 is 1.75 bits per heavy atom. The molecule has 0 aliphatic heterocycles. The van der Waals surface area contributed by atoms with Gasteiger partial charge in [0.25, 0.3) is 15.9 Å². The van der Waals surface area contributed by atoms with Gasteiger partial charge in [-0.05, 0) is 72.6 Å². The number of nitrogens with zero attached hydrogens (tertiary/aromatic N) is 3. The fraction of sp³-hybridized carbons (Fsp3) is 0.263. The Hall–Kier alpha value is -5.92. The summed E-state index contributed by atoms with van der Waals surface area (Å²) in [6, 6.07) is 19.5. The molecule has 0 aliphatic carbocycles. The Bertz CT molecular complexity index is 2320. The molecule has 1 atom stereocenters. The van der Waals surface area contributed by atoms with Crippen LogP contribution in [-0.2, 0) is 28.1 Å². The summed E-state index contributed by atoms with van der Waals surface area (Å²) in [5.74, 6) is -5.71. The number of hydrogen-bond donors (Lipinski definition) is 4. The van der Waals surface area contributed by atoms with Gasteiger partial charge in [-0.2, -0.15) is 13.9 Å². The molecule has 0 aliphatic rings. The van der Waals surface area contributed by atoms with Gasteiger partial charge in [-0.3, -0.25) is 9.52 Å². The van der Waals surface area contributed by atoms with Crippen LogP contribution in [0.2, 0.25) is 25.7 Å². The maximum atomic E-state index is 13.6. The third-order valence-electron chi connectivity index (χ3n) is 8.36. The monoisotopic (exact) mass is 826 g/mol. The molecular weight excluding hydrogens is 786 g/mol. The van der Waals surface area contributed by atoms with E-state index < -0.39 is 47.7 Å². The minimum atomic E-state index is -5.13. The zero-order chi connectivity index (χ0) is 41.5. The van der Waals surface area contributed by atoms with Crippen molar-refractivity contribution in [3.05, 3.63) is 113 Å². The quantitative estimate of drug-likeness (QED) is 0.0472. The van der Waals surface area contributed by atoms with E-state index in [1.54, 1.807) is 31.2 Å². The predicted molar refractivity (Wildman–Crippen MR) is 210 cm³/mol. The van der Waals surface area contributed by atoms with Gasteiger partial charge in [0, 0.05) is 20.2 Å². The number of amides is 1. The highest BCUT2D eigenvalue weighted by Crippen LogP contribution is 2.38. The van der Waals surface area contributed by atoms with Crippen molar-refractivity contribution in [3.63, 3.8) is 0 Å². The molecule has 0 bridgehead atoms. The Morgan fingerprint density at radius 1 is 1.02 bits per heavy atom. The smallest absolute Gasteiger partial charge is 0.355 e. The molecule has 0 saturated heterocycles. The Morgan fingerprint density at radius 3 is 2.39 bits per heavy atom. The summed E-state index contributed by atoms with van der Waals surface area (Å²) < 4.78 is 86.0. The van der Waals surface area contributed by atoms with Crippen LogP contribution in [0.3, 0.4) is 0 Å². The number of carbonyl (C=O) groups is 2. The van der Waals surface area contributed by atoms with Crippen LogP contribution in [0.15, 0.2) is 85.1 Å². The highest BCUT2D eigenvalue weighted by Gasteiger charge is 2.28. The topological polar surface area (TPSA) is 197 Å². The van der Waals surface area contributed by atoms with Crippen molar-refractivity contribution in [1.82, 2.24) is 14.8 Å². The second-order valence-corrected chi connectivity index (χ2v) is 21.3. The molecule has 0 spiro atoms. The van der Waals surface area contributed by atoms with Crippen molar-refractivity contribution in [2.75, 3.05) is 16.6 Å². The van der Waals surface area contributed by atoms with Crippen molar-refractivity contribution in [2.45, 2.75) is 57.8 Å². The van der Waals surface area contributed by atoms with E-state index in [1.807, 2.05) is 4.72 Å². The zero-order valence-electron chi connectivity index (χ0n) is 31.3. The Labute approximate surface area is 327 Å². The SMILES string of the molecule is C[C@H](Oc1cc(-c2nn(COCC[Si](C)(C)C)c(Nc3ccc(OCc4cccc(C(=O)O)c4)cn3)c2C(N)=O)ccc1NS(=O)(=O)C(F)F)c1ccc(F)cc1. The van der Waals surface area contributed by atoms with Crippen molar-refractivity contribution in [3.8, 4) is 22.8 Å². The van der Waals surface area contributed by atoms with Gasteiger partial charge in [0.1, 0.15) is 59.7 Å². The molecule has 0 saturated carbocycles. The van der Waals surface area contributed by atoms with Gasteiger partial charge < -0.3 is 30.4 Å². The van der Waals surface area contributed by atoms with E-state index in [2.05, 4.69) is 35.0 Å². The third-order valence-corrected chi connectivity index (χ3v) is 11.0. The van der Waals surface area contributed by atoms with Crippen LogP contribution in [0.1, 0.15) is 44.9 Å². The first-order valence-electron chi connectivity index (χ1n) is 17.4. The number of aromatic nitrogens is 3. The molecule has 14 nitrogen and oxygen atoms in total. The van der Waals surface area contributed by atoms with E-state index in [4.69, 9.17) is 19.9 Å². The number of nitrogens with two attached hydrogens (primary N) is 1. The molecule has 3 aromatic carbocycles. The molecule has 1 amide bonds. The van der Waals surface area contributed by atoms with Gasteiger partial charge in [-0.15, -0.1) is 0 Å². The van der Waals surface area contributed by atoms with E-state index in [0.29, 0.717) is 23.5 Å². The fourth-order valence-corrected chi connectivity index (χ4v) is 6.63. The summed E-state index contributed by atoms with van der Waals surface area (Å²) in [5.41, 5.74) is 6.96. The summed E-state index contributed by atoms with van der Waals surface area (Å²) in [4.78, 5) is 28.9. The number of sulfonamides is 1. The van der Waals surface area contributed by atoms with Crippen molar-refractivity contribution >= 4 is 47.3 Å². The summed E-state index contributed by atoms with van der Waals surface area (Å²) in [6.45, 7) is 8.50. The van der Waals surface area contributed by atoms with Crippen LogP contribution in [0.25, 0.3) is 11.3 Å². The second kappa shape index (κ2) is 17.9. The van der Waals surface area contributed by atoms with E-state index >= 15 is 0 Å². The standard InChI is InChI=1S/C38H41F3N6O8SSi/c1-23(25-8-11-28(39)12-9-25)55-31-19-26(10-14-30(31)46-56(51,52)38(40)41)34-33(35(42)48)36(47(45-34)22-53-16-17-57(2,3)4)44-32-15-13-29(20-43-32)54-21-24-6-5-7-27(18-24)37(49)50/h5-15,18-20,23,38,46H,16-17,21-22H2,1-4H3,(H2,42,48)(H,43,44)(H,49,50)/t23-/m0/s1. The summed E-state index contributed by atoms with van der Waals surface area (Å²) in [6.07, 6.45) is 0.596. The zero-order valence-corrected chi connectivity index (χ0v) is 33.1. The molecule has 0 radical (unpaired) electrons. The molecule has 2 heterocycles. The van der Waals surface area contributed by atoms with Crippen LogP contribution in [-0.4, -0.2) is 60.6 Å². The molecule has 302 valence electrons. The highest BCUT2D eigenvalue weighted by molar-refractivity contribution is 7.93. The number of ether oxygens (including phenoxy) is 3. The lowest BCUT2D eigenvalue weighted by Gasteiger charge is -2.19. The number of hydrogen-bond acceptors (Lipinski definition) is 10. The predicted octanol–water partition coefficient (Wildman–Crippen LogP) is 7.62. The molecule has 5 N–H and O–H groups in total. The third kappa shape index (κ3) is 11.3. The summed E-state index contributed by atoms with van der Waals surface area (Å²) >= 11 is 0. The average Bonchev–Trinajstić information content (AvgIpc) is 3.51. The maximum Gasteiger partial charge on any atom is 0.355 e. The molecule has 5 rings (SSSR count). The van der Waals surface area contributed by atoms with Crippen LogP contribution in [0.5, 0.6) is 11.5 Å². The average molecular weight is 827 g/mol. The minimum Gasteiger partial charge on any atom is -0.487 e. The van der Waals surface area contributed by atoms with Crippen molar-refractivity contribution in [2.24, 2.45) is 5.73 Å². The fourth-order valence-electron chi connectivity index (χ4n) is 5.31. The number of halogens is 3. The molecule has 19 heteroatoms. The number of carboxylic acids is 1. The number of anilines is 3. The molecule has 0 fully saturated rings. The Balaban J connectivity index is 1.51. The lowest BCUT2D eigenvalue weighted by molar-refractivity contribution is 0.0696. The van der Waals surface area contributed by atoms with Crippen LogP contribution in [0.4, 0.5) is 30.5 Å². The van der Waals surface area contributed by atoms with E-state index in [1.165, 1.54) is 65.5 Å². The van der Waals surface area contributed by atoms with Gasteiger partial charge in [0.05, 0.1) is 17.4 Å². The number of aromatic carboxylic acids is 1. The number of pyridine rings is 1. The van der Waals surface area contributed by atoms with Crippen molar-refractivity contribution < 1.29 is 50.5 Å². The number of carbonyl (C=O) groups excluding carboxylic acids is 1. The molecule has 2 aromatic heterocycles. The summed E-state index contributed by atoms with van der Waals surface area (Å²) in [5, 5.41) is 17.0. The van der Waals surface area contributed by atoms with Gasteiger partial charge >= 0.3 is 11.7 Å². The van der Waals surface area contributed by atoms with Crippen LogP contribution < -0.4 is 25.2 Å². The number of carboxylic acid groups (broad SMARTS) is 1. The van der Waals surface area contributed by atoms with Crippen LogP contribution >= 0.6 is 0 Å². The van der Waals surface area contributed by atoms with Crippen LogP contribution in [0, 0.1) is 5.82 Å².